The van der Waals surface area contributed by atoms with Crippen LogP contribution in [0.2, 0.25) is 0 Å². The Balaban J connectivity index is 1.90. The Hall–Kier alpha value is -2.57. The fourth-order valence-corrected chi connectivity index (χ4v) is 2.62. The van der Waals surface area contributed by atoms with Crippen molar-refractivity contribution in [2.24, 2.45) is 5.73 Å². The number of piperidine rings is 1. The molecule has 1 aliphatic rings. The number of ether oxygens (including phenoxy) is 1. The highest BCUT2D eigenvalue weighted by Crippen LogP contribution is 2.18. The van der Waals surface area contributed by atoms with Gasteiger partial charge in [0, 0.05) is 6.54 Å². The van der Waals surface area contributed by atoms with Gasteiger partial charge in [-0.15, -0.1) is 0 Å². The molecule has 2 amide bonds. The lowest BCUT2D eigenvalue weighted by molar-refractivity contribution is -0.152. The number of carbonyl (C=O) groups is 3. The van der Waals surface area contributed by atoms with E-state index < -0.39 is 17.9 Å². The number of carboxylic acid groups (broad SMARTS) is 1. The third-order valence-corrected chi connectivity index (χ3v) is 3.77. The van der Waals surface area contributed by atoms with Crippen LogP contribution in [0.5, 0.6) is 5.75 Å². The van der Waals surface area contributed by atoms with Crippen molar-refractivity contribution in [1.82, 2.24) is 4.90 Å². The van der Waals surface area contributed by atoms with E-state index in [1.165, 1.54) is 4.90 Å². The summed E-state index contributed by atoms with van der Waals surface area (Å²) in [6.07, 6.45) is 2.23. The van der Waals surface area contributed by atoms with Gasteiger partial charge < -0.3 is 20.5 Å². The summed E-state index contributed by atoms with van der Waals surface area (Å²) < 4.78 is 5.41. The topological polar surface area (TPSA) is 110 Å². The Kier molecular flexibility index (Phi) is 5.56. The molecule has 0 spiro atoms. The number of likely N-dealkylation sites (tertiary alicyclic amines) is 1. The van der Waals surface area contributed by atoms with Crippen molar-refractivity contribution >= 4 is 17.8 Å². The maximum absolute atomic E-state index is 12.2. The van der Waals surface area contributed by atoms with E-state index in [0.717, 1.165) is 18.4 Å². The van der Waals surface area contributed by atoms with Crippen molar-refractivity contribution in [3.05, 3.63) is 29.8 Å². The number of benzene rings is 1. The monoisotopic (exact) mass is 320 g/mol. The smallest absolute Gasteiger partial charge is 0.326 e. The molecule has 1 heterocycles. The molecule has 0 radical (unpaired) electrons. The molecule has 124 valence electrons. The van der Waals surface area contributed by atoms with E-state index in [1.807, 2.05) is 0 Å². The third kappa shape index (κ3) is 4.70. The molecular formula is C16H20N2O5. The molecule has 7 heteroatoms. The van der Waals surface area contributed by atoms with Gasteiger partial charge in [-0.3, -0.25) is 9.59 Å². The minimum Gasteiger partial charge on any atom is -0.484 e. The highest BCUT2D eigenvalue weighted by Gasteiger charge is 2.31. The lowest BCUT2D eigenvalue weighted by Crippen LogP contribution is -2.49. The number of aliphatic carboxylic acids is 1. The Morgan fingerprint density at radius 1 is 1.22 bits per heavy atom. The van der Waals surface area contributed by atoms with Crippen LogP contribution in [0.4, 0.5) is 0 Å². The first kappa shape index (κ1) is 16.8. The summed E-state index contributed by atoms with van der Waals surface area (Å²) in [4.78, 5) is 35.6. The standard InChI is InChI=1S/C16H20N2O5/c17-14(19)9-11-4-6-12(7-5-11)23-10-15(20)18-8-2-1-3-13(18)16(21)22/h4-7,13H,1-3,8-10H2,(H2,17,19)(H,21,22)/t13-/m0/s1. The second-order valence-electron chi connectivity index (χ2n) is 5.51. The van der Waals surface area contributed by atoms with Gasteiger partial charge in [-0.05, 0) is 37.0 Å². The van der Waals surface area contributed by atoms with Crippen LogP contribution in [-0.4, -0.2) is 47.0 Å². The number of amides is 2. The van der Waals surface area contributed by atoms with Gasteiger partial charge in [0.15, 0.2) is 6.61 Å². The molecule has 0 bridgehead atoms. The van der Waals surface area contributed by atoms with E-state index in [0.29, 0.717) is 18.7 Å². The van der Waals surface area contributed by atoms with Gasteiger partial charge in [0.2, 0.25) is 5.91 Å². The maximum Gasteiger partial charge on any atom is 0.326 e. The average molecular weight is 320 g/mol. The molecule has 1 aromatic carbocycles. The number of rotatable bonds is 6. The fourth-order valence-electron chi connectivity index (χ4n) is 2.62. The molecule has 0 saturated carbocycles. The van der Waals surface area contributed by atoms with Gasteiger partial charge in [-0.1, -0.05) is 12.1 Å². The van der Waals surface area contributed by atoms with Crippen LogP contribution in [0.25, 0.3) is 0 Å². The Morgan fingerprint density at radius 2 is 1.91 bits per heavy atom. The molecule has 1 aromatic rings. The van der Waals surface area contributed by atoms with Gasteiger partial charge in [0.25, 0.3) is 5.91 Å². The second-order valence-corrected chi connectivity index (χ2v) is 5.51. The van der Waals surface area contributed by atoms with E-state index in [2.05, 4.69) is 0 Å². The molecule has 0 aromatic heterocycles. The van der Waals surface area contributed by atoms with E-state index >= 15 is 0 Å². The third-order valence-electron chi connectivity index (χ3n) is 3.77. The van der Waals surface area contributed by atoms with Gasteiger partial charge in [0.05, 0.1) is 6.42 Å². The molecule has 23 heavy (non-hydrogen) atoms. The van der Waals surface area contributed by atoms with Crippen molar-refractivity contribution in [2.75, 3.05) is 13.2 Å². The van der Waals surface area contributed by atoms with Crippen molar-refractivity contribution in [1.29, 1.82) is 0 Å². The summed E-state index contributed by atoms with van der Waals surface area (Å²) in [5.74, 6) is -1.25. The van der Waals surface area contributed by atoms with Crippen LogP contribution in [0.1, 0.15) is 24.8 Å². The Labute approximate surface area is 134 Å². The lowest BCUT2D eigenvalue weighted by Gasteiger charge is -2.32. The number of carboxylic acids is 1. The van der Waals surface area contributed by atoms with Crippen molar-refractivity contribution in [3.63, 3.8) is 0 Å². The summed E-state index contributed by atoms with van der Waals surface area (Å²) in [7, 11) is 0. The number of carbonyl (C=O) groups excluding carboxylic acids is 2. The van der Waals surface area contributed by atoms with Crippen LogP contribution in [0, 0.1) is 0 Å². The van der Waals surface area contributed by atoms with Gasteiger partial charge >= 0.3 is 5.97 Å². The normalized spacial score (nSPS) is 17.6. The van der Waals surface area contributed by atoms with E-state index in [4.69, 9.17) is 10.5 Å². The predicted molar refractivity (Wildman–Crippen MR) is 81.8 cm³/mol. The summed E-state index contributed by atoms with van der Waals surface area (Å²) in [6.45, 7) is 0.232. The van der Waals surface area contributed by atoms with Crippen molar-refractivity contribution < 1.29 is 24.2 Å². The van der Waals surface area contributed by atoms with E-state index in [9.17, 15) is 19.5 Å². The number of nitrogens with two attached hydrogens (primary N) is 1. The van der Waals surface area contributed by atoms with Crippen LogP contribution < -0.4 is 10.5 Å². The van der Waals surface area contributed by atoms with Crippen LogP contribution in [0.15, 0.2) is 24.3 Å². The lowest BCUT2D eigenvalue weighted by atomic mass is 10.0. The second kappa shape index (κ2) is 7.62. The van der Waals surface area contributed by atoms with Gasteiger partial charge in [0.1, 0.15) is 11.8 Å². The molecule has 1 atom stereocenters. The molecule has 1 saturated heterocycles. The van der Waals surface area contributed by atoms with Crippen LogP contribution in [-0.2, 0) is 20.8 Å². The number of hydrogen-bond donors (Lipinski definition) is 2. The summed E-state index contributed by atoms with van der Waals surface area (Å²) >= 11 is 0. The molecule has 3 N–H and O–H groups in total. The zero-order valence-corrected chi connectivity index (χ0v) is 12.7. The first-order chi connectivity index (χ1) is 11.0. The highest BCUT2D eigenvalue weighted by molar-refractivity contribution is 5.84. The minimum absolute atomic E-state index is 0.146. The van der Waals surface area contributed by atoms with Crippen molar-refractivity contribution in [2.45, 2.75) is 31.7 Å². The molecular weight excluding hydrogens is 300 g/mol. The van der Waals surface area contributed by atoms with Gasteiger partial charge in [-0.25, -0.2) is 4.79 Å². The van der Waals surface area contributed by atoms with E-state index in [1.54, 1.807) is 24.3 Å². The molecule has 0 aliphatic carbocycles. The Morgan fingerprint density at radius 3 is 2.52 bits per heavy atom. The summed E-state index contributed by atoms with van der Waals surface area (Å²) in [5.41, 5.74) is 5.87. The Bertz CT molecular complexity index is 585. The largest absolute Gasteiger partial charge is 0.484 e. The average Bonchev–Trinajstić information content (AvgIpc) is 2.53. The summed E-state index contributed by atoms with van der Waals surface area (Å²) in [6, 6.07) is 5.93. The van der Waals surface area contributed by atoms with Crippen molar-refractivity contribution in [3.8, 4) is 5.75 Å². The molecule has 1 fully saturated rings. The maximum atomic E-state index is 12.2. The highest BCUT2D eigenvalue weighted by atomic mass is 16.5. The van der Waals surface area contributed by atoms with Crippen LogP contribution >= 0.6 is 0 Å². The molecule has 2 rings (SSSR count). The molecule has 0 unspecified atom stereocenters. The minimum atomic E-state index is -0.978. The zero-order chi connectivity index (χ0) is 16.8. The number of nitrogens with zero attached hydrogens (tertiary/aromatic N) is 1. The SMILES string of the molecule is NC(=O)Cc1ccc(OCC(=O)N2CCCC[C@H]2C(=O)O)cc1. The first-order valence-corrected chi connectivity index (χ1v) is 7.49. The predicted octanol–water partition coefficient (Wildman–Crippen LogP) is 0.559. The summed E-state index contributed by atoms with van der Waals surface area (Å²) in [5, 5.41) is 9.17. The quantitative estimate of drug-likeness (QED) is 0.796. The van der Waals surface area contributed by atoms with E-state index in [-0.39, 0.29) is 18.9 Å². The van der Waals surface area contributed by atoms with Gasteiger partial charge in [-0.2, -0.15) is 0 Å². The number of primary amides is 1. The first-order valence-electron chi connectivity index (χ1n) is 7.49. The zero-order valence-electron chi connectivity index (χ0n) is 12.7. The molecule has 1 aliphatic heterocycles. The molecule has 7 nitrogen and oxygen atoms in total. The van der Waals surface area contributed by atoms with Crippen LogP contribution in [0.3, 0.4) is 0 Å². The fraction of sp³-hybridized carbons (Fsp3) is 0.438. The number of hydrogen-bond acceptors (Lipinski definition) is 4.